The molecule has 0 spiro atoms. The molecule has 5 heteroatoms. The number of benzene rings is 2. The Morgan fingerprint density at radius 1 is 0.970 bits per heavy atom. The number of methoxy groups -OCH3 is 1. The van der Waals surface area contributed by atoms with E-state index in [9.17, 15) is 9.59 Å². The lowest BCUT2D eigenvalue weighted by atomic mass is 10.00. The Morgan fingerprint density at radius 2 is 1.67 bits per heavy atom. The minimum atomic E-state index is -0.513. The zero-order chi connectivity index (χ0) is 24.4. The molecule has 2 atom stereocenters. The van der Waals surface area contributed by atoms with E-state index < -0.39 is 6.04 Å². The van der Waals surface area contributed by atoms with E-state index in [2.05, 4.69) is 43.4 Å². The van der Waals surface area contributed by atoms with Crippen molar-refractivity contribution >= 4 is 11.8 Å². The molecular formula is C28H40N2O3. The van der Waals surface area contributed by atoms with E-state index in [1.807, 2.05) is 45.0 Å². The van der Waals surface area contributed by atoms with E-state index >= 15 is 0 Å². The molecule has 0 aliphatic rings. The molecule has 2 aromatic rings. The van der Waals surface area contributed by atoms with Crippen LogP contribution >= 0.6 is 0 Å². The monoisotopic (exact) mass is 452 g/mol. The third kappa shape index (κ3) is 7.92. The number of ether oxygens (including phenoxy) is 1. The molecule has 2 aromatic carbocycles. The lowest BCUT2D eigenvalue weighted by molar-refractivity contribution is -0.141. The summed E-state index contributed by atoms with van der Waals surface area (Å²) in [6.45, 7) is 10.7. The summed E-state index contributed by atoms with van der Waals surface area (Å²) < 4.78 is 5.35. The minimum Gasteiger partial charge on any atom is -0.497 e. The van der Waals surface area contributed by atoms with Crippen molar-refractivity contribution < 1.29 is 14.3 Å². The topological polar surface area (TPSA) is 58.6 Å². The zero-order valence-corrected chi connectivity index (χ0v) is 21.1. The molecule has 0 aliphatic heterocycles. The Morgan fingerprint density at radius 3 is 2.24 bits per heavy atom. The Hall–Kier alpha value is -2.82. The average Bonchev–Trinajstić information content (AvgIpc) is 2.82. The first-order chi connectivity index (χ1) is 15.8. The second kappa shape index (κ2) is 13.0. The number of hydrogen-bond acceptors (Lipinski definition) is 3. The van der Waals surface area contributed by atoms with Gasteiger partial charge in [0.25, 0.3) is 0 Å². The SMILES string of the molecule is CC[C@@H](C)NC(=O)[C@@H](CC)N(Cc1cccc(OC)c1)C(=O)CCc1ccc(C(C)C)cc1. The second-order valence-corrected chi connectivity index (χ2v) is 9.01. The molecule has 5 nitrogen and oxygen atoms in total. The molecule has 0 aromatic heterocycles. The van der Waals surface area contributed by atoms with E-state index in [1.165, 1.54) is 5.56 Å². The molecule has 180 valence electrons. The van der Waals surface area contributed by atoms with Crippen molar-refractivity contribution in [2.24, 2.45) is 0 Å². The molecule has 0 heterocycles. The summed E-state index contributed by atoms with van der Waals surface area (Å²) in [5, 5.41) is 3.06. The number of rotatable bonds is 12. The van der Waals surface area contributed by atoms with E-state index in [1.54, 1.807) is 12.0 Å². The minimum absolute atomic E-state index is 0.0168. The largest absolute Gasteiger partial charge is 0.497 e. The summed E-state index contributed by atoms with van der Waals surface area (Å²) in [6, 6.07) is 15.7. The first-order valence-electron chi connectivity index (χ1n) is 12.1. The highest BCUT2D eigenvalue weighted by Crippen LogP contribution is 2.20. The molecule has 0 unspecified atom stereocenters. The number of hydrogen-bond donors (Lipinski definition) is 1. The van der Waals surface area contributed by atoms with Crippen LogP contribution in [0.3, 0.4) is 0 Å². The van der Waals surface area contributed by atoms with E-state index in [0.717, 1.165) is 23.3 Å². The Balaban J connectivity index is 2.21. The highest BCUT2D eigenvalue weighted by molar-refractivity contribution is 5.88. The predicted octanol–water partition coefficient (Wildman–Crippen LogP) is 5.47. The van der Waals surface area contributed by atoms with Gasteiger partial charge in [-0.2, -0.15) is 0 Å². The fourth-order valence-corrected chi connectivity index (χ4v) is 3.79. The standard InChI is InChI=1S/C28H40N2O3/c1-7-21(5)29-28(32)26(8-2)30(19-23-10-9-11-25(18-23)33-6)27(31)17-14-22-12-15-24(16-13-22)20(3)4/h9-13,15-16,18,20-21,26H,7-8,14,17,19H2,1-6H3,(H,29,32)/t21-,26-/m1/s1. The molecule has 0 saturated heterocycles. The van der Waals surface area contributed by atoms with Crippen LogP contribution < -0.4 is 10.1 Å². The average molecular weight is 453 g/mol. The van der Waals surface area contributed by atoms with Crippen molar-refractivity contribution in [1.29, 1.82) is 0 Å². The van der Waals surface area contributed by atoms with Gasteiger partial charge in [-0.1, -0.05) is 64.1 Å². The number of nitrogens with one attached hydrogen (secondary N) is 1. The summed E-state index contributed by atoms with van der Waals surface area (Å²) in [5.41, 5.74) is 3.36. The van der Waals surface area contributed by atoms with Gasteiger partial charge in [-0.15, -0.1) is 0 Å². The van der Waals surface area contributed by atoms with Crippen molar-refractivity contribution in [3.05, 3.63) is 65.2 Å². The van der Waals surface area contributed by atoms with Crippen LogP contribution in [0.25, 0.3) is 0 Å². The van der Waals surface area contributed by atoms with Gasteiger partial charge in [0.05, 0.1) is 7.11 Å². The molecular weight excluding hydrogens is 412 g/mol. The first kappa shape index (κ1) is 26.4. The first-order valence-corrected chi connectivity index (χ1v) is 12.1. The molecule has 0 aliphatic carbocycles. The molecule has 2 rings (SSSR count). The van der Waals surface area contributed by atoms with Gasteiger partial charge in [-0.25, -0.2) is 0 Å². The number of nitrogens with zero attached hydrogens (tertiary/aromatic N) is 1. The fraction of sp³-hybridized carbons (Fsp3) is 0.500. The highest BCUT2D eigenvalue weighted by Gasteiger charge is 2.29. The summed E-state index contributed by atoms with van der Waals surface area (Å²) >= 11 is 0. The highest BCUT2D eigenvalue weighted by atomic mass is 16.5. The van der Waals surface area contributed by atoms with Crippen molar-refractivity contribution in [2.75, 3.05) is 7.11 Å². The lowest BCUT2D eigenvalue weighted by Crippen LogP contribution is -2.50. The van der Waals surface area contributed by atoms with Crippen LogP contribution in [0, 0.1) is 0 Å². The third-order valence-corrected chi connectivity index (χ3v) is 6.15. The Bertz CT molecular complexity index is 892. The third-order valence-electron chi connectivity index (χ3n) is 6.15. The van der Waals surface area contributed by atoms with E-state index in [0.29, 0.717) is 31.7 Å². The fourth-order valence-electron chi connectivity index (χ4n) is 3.79. The number of carbonyl (C=O) groups excluding carboxylic acids is 2. The Labute approximate surface area is 199 Å². The van der Waals surface area contributed by atoms with Crippen LogP contribution in [0.15, 0.2) is 48.5 Å². The van der Waals surface area contributed by atoms with Crippen LogP contribution in [0.5, 0.6) is 5.75 Å². The number of carbonyl (C=O) groups is 2. The summed E-state index contributed by atoms with van der Waals surface area (Å²) in [5.74, 6) is 1.11. The molecule has 33 heavy (non-hydrogen) atoms. The van der Waals surface area contributed by atoms with Crippen molar-refractivity contribution in [2.45, 2.75) is 84.8 Å². The van der Waals surface area contributed by atoms with Crippen molar-refractivity contribution in [3.63, 3.8) is 0 Å². The number of aryl methyl sites for hydroxylation is 1. The van der Waals surface area contributed by atoms with Gasteiger partial charge in [0.15, 0.2) is 0 Å². The maximum Gasteiger partial charge on any atom is 0.243 e. The smallest absolute Gasteiger partial charge is 0.243 e. The van der Waals surface area contributed by atoms with Crippen LogP contribution in [-0.2, 0) is 22.6 Å². The zero-order valence-electron chi connectivity index (χ0n) is 21.1. The van der Waals surface area contributed by atoms with Crippen LogP contribution in [-0.4, -0.2) is 35.9 Å². The van der Waals surface area contributed by atoms with Gasteiger partial charge in [-0.05, 0) is 60.9 Å². The van der Waals surface area contributed by atoms with Crippen LogP contribution in [0.2, 0.25) is 0 Å². The molecule has 0 radical (unpaired) electrons. The Kier molecular flexibility index (Phi) is 10.4. The number of amides is 2. The predicted molar refractivity (Wildman–Crippen MR) is 134 cm³/mol. The maximum absolute atomic E-state index is 13.4. The van der Waals surface area contributed by atoms with Gasteiger partial charge in [0, 0.05) is 19.0 Å². The molecule has 1 N–H and O–H groups in total. The molecule has 0 fully saturated rings. The van der Waals surface area contributed by atoms with Crippen LogP contribution in [0.1, 0.15) is 76.5 Å². The van der Waals surface area contributed by atoms with Gasteiger partial charge < -0.3 is 15.0 Å². The van der Waals surface area contributed by atoms with Crippen molar-refractivity contribution in [1.82, 2.24) is 10.2 Å². The summed E-state index contributed by atoms with van der Waals surface area (Å²) in [6.07, 6.45) is 2.41. The van der Waals surface area contributed by atoms with Gasteiger partial charge in [0.2, 0.25) is 11.8 Å². The molecule has 2 amide bonds. The van der Waals surface area contributed by atoms with Gasteiger partial charge >= 0.3 is 0 Å². The van der Waals surface area contributed by atoms with E-state index in [-0.39, 0.29) is 17.9 Å². The molecule has 0 bridgehead atoms. The quantitative estimate of drug-likeness (QED) is 0.464. The van der Waals surface area contributed by atoms with E-state index in [4.69, 9.17) is 4.74 Å². The van der Waals surface area contributed by atoms with Gasteiger partial charge in [-0.3, -0.25) is 9.59 Å². The summed E-state index contributed by atoms with van der Waals surface area (Å²) in [4.78, 5) is 28.2. The summed E-state index contributed by atoms with van der Waals surface area (Å²) in [7, 11) is 1.63. The van der Waals surface area contributed by atoms with Crippen LogP contribution in [0.4, 0.5) is 0 Å². The maximum atomic E-state index is 13.4. The lowest BCUT2D eigenvalue weighted by Gasteiger charge is -2.31. The van der Waals surface area contributed by atoms with Gasteiger partial charge in [0.1, 0.15) is 11.8 Å². The second-order valence-electron chi connectivity index (χ2n) is 9.01. The van der Waals surface area contributed by atoms with Crippen molar-refractivity contribution in [3.8, 4) is 5.75 Å². The normalized spacial score (nSPS) is 12.8. The molecule has 0 saturated carbocycles.